The maximum absolute atomic E-state index is 12.4. The van der Waals surface area contributed by atoms with Crippen LogP contribution in [0.1, 0.15) is 12.8 Å². The van der Waals surface area contributed by atoms with E-state index in [0.29, 0.717) is 46.2 Å². The topological polar surface area (TPSA) is 97.4 Å². The molecule has 0 spiro atoms. The number of hydrogen-bond donors (Lipinski definition) is 3. The first-order valence-corrected chi connectivity index (χ1v) is 11.6. The zero-order valence-electron chi connectivity index (χ0n) is 17.7. The molecule has 8 nitrogen and oxygen atoms in total. The van der Waals surface area contributed by atoms with Gasteiger partial charge >= 0.3 is 0 Å². The minimum absolute atomic E-state index is 0.0361. The number of ether oxygens (including phenoxy) is 2. The Kier molecular flexibility index (Phi) is 8.15. The summed E-state index contributed by atoms with van der Waals surface area (Å²) in [7, 11) is 0. The number of Topliss-reactive ketones (excluding diaryl/α,β-unsaturated/α-hetero) is 1. The second-order valence-electron chi connectivity index (χ2n) is 7.90. The first-order chi connectivity index (χ1) is 15.6. The lowest BCUT2D eigenvalue weighted by atomic mass is 10.0. The molecule has 0 aliphatic carbocycles. The van der Waals surface area contributed by atoms with Crippen molar-refractivity contribution in [3.63, 3.8) is 0 Å². The maximum atomic E-state index is 12.4. The zero-order chi connectivity index (χ0) is 22.3. The number of rotatable bonds is 8. The Balaban J connectivity index is 1.44. The third-order valence-corrected chi connectivity index (χ3v) is 6.21. The molecule has 32 heavy (non-hydrogen) atoms. The van der Waals surface area contributed by atoms with Gasteiger partial charge in [0.05, 0.1) is 28.9 Å². The maximum Gasteiger partial charge on any atom is 0.181 e. The number of pyridine rings is 2. The smallest absolute Gasteiger partial charge is 0.181 e. The lowest BCUT2D eigenvalue weighted by Gasteiger charge is -2.22. The fraction of sp³-hybridized carbons (Fsp3) is 0.500. The number of aromatic nitrogens is 2. The molecule has 2 fully saturated rings. The number of carbonyl (C=O) groups excluding carboxylic acids is 1. The van der Waals surface area contributed by atoms with Crippen molar-refractivity contribution in [2.75, 3.05) is 56.6 Å². The van der Waals surface area contributed by atoms with E-state index in [1.807, 2.05) is 6.07 Å². The molecule has 0 aromatic carbocycles. The SMILES string of the molecule is O=C(CNc1cc(-c2nc(NCC3CCOCC3)ccc2Cl)c(Cl)cn1)[C@H]1CNCCO1. The van der Waals surface area contributed by atoms with Gasteiger partial charge in [0.25, 0.3) is 0 Å². The summed E-state index contributed by atoms with van der Waals surface area (Å²) < 4.78 is 10.9. The van der Waals surface area contributed by atoms with E-state index < -0.39 is 6.10 Å². The van der Waals surface area contributed by atoms with E-state index >= 15 is 0 Å². The highest BCUT2D eigenvalue weighted by molar-refractivity contribution is 6.36. The van der Waals surface area contributed by atoms with Crippen molar-refractivity contribution in [3.8, 4) is 11.3 Å². The molecule has 2 aromatic rings. The summed E-state index contributed by atoms with van der Waals surface area (Å²) in [6.07, 6.45) is 3.17. The summed E-state index contributed by atoms with van der Waals surface area (Å²) in [4.78, 5) is 21.3. The van der Waals surface area contributed by atoms with E-state index in [4.69, 9.17) is 32.7 Å². The van der Waals surface area contributed by atoms with Gasteiger partial charge < -0.3 is 25.4 Å². The average Bonchev–Trinajstić information content (AvgIpc) is 2.84. The van der Waals surface area contributed by atoms with Crippen LogP contribution < -0.4 is 16.0 Å². The minimum atomic E-state index is -0.447. The Morgan fingerprint density at radius 3 is 2.75 bits per heavy atom. The third-order valence-electron chi connectivity index (χ3n) is 5.60. The Labute approximate surface area is 197 Å². The molecule has 2 saturated heterocycles. The van der Waals surface area contributed by atoms with Crippen molar-refractivity contribution in [2.45, 2.75) is 18.9 Å². The van der Waals surface area contributed by atoms with Crippen LogP contribution in [0, 0.1) is 5.92 Å². The Bertz CT molecular complexity index is 934. The number of ketones is 1. The molecule has 2 aliphatic heterocycles. The number of halogens is 2. The molecule has 4 rings (SSSR count). The Morgan fingerprint density at radius 2 is 1.97 bits per heavy atom. The van der Waals surface area contributed by atoms with Crippen molar-refractivity contribution in [2.24, 2.45) is 5.92 Å². The van der Waals surface area contributed by atoms with Crippen LogP contribution in [0.4, 0.5) is 11.6 Å². The van der Waals surface area contributed by atoms with Gasteiger partial charge in [-0.15, -0.1) is 0 Å². The number of anilines is 2. The summed E-state index contributed by atoms with van der Waals surface area (Å²) in [6, 6.07) is 5.42. The number of nitrogens with zero attached hydrogens (tertiary/aromatic N) is 2. The molecule has 0 radical (unpaired) electrons. The molecule has 0 bridgehead atoms. The van der Waals surface area contributed by atoms with E-state index in [1.54, 1.807) is 12.1 Å². The van der Waals surface area contributed by atoms with Gasteiger partial charge in [0.15, 0.2) is 5.78 Å². The fourth-order valence-corrected chi connectivity index (χ4v) is 4.11. The van der Waals surface area contributed by atoms with E-state index in [-0.39, 0.29) is 12.3 Å². The summed E-state index contributed by atoms with van der Waals surface area (Å²) in [5.74, 6) is 1.77. The number of nitrogens with one attached hydrogen (secondary N) is 3. The molecule has 2 aromatic heterocycles. The van der Waals surface area contributed by atoms with Crippen molar-refractivity contribution in [1.29, 1.82) is 0 Å². The van der Waals surface area contributed by atoms with Gasteiger partial charge in [-0.25, -0.2) is 9.97 Å². The van der Waals surface area contributed by atoms with Gasteiger partial charge in [0, 0.05) is 44.6 Å². The van der Waals surface area contributed by atoms with Crippen molar-refractivity contribution in [3.05, 3.63) is 34.4 Å². The predicted molar refractivity (Wildman–Crippen MR) is 126 cm³/mol. The van der Waals surface area contributed by atoms with Crippen molar-refractivity contribution >= 4 is 40.6 Å². The summed E-state index contributed by atoms with van der Waals surface area (Å²) in [5.41, 5.74) is 1.21. The molecule has 2 aliphatic rings. The second kappa shape index (κ2) is 11.2. The quantitative estimate of drug-likeness (QED) is 0.530. The average molecular weight is 480 g/mol. The lowest BCUT2D eigenvalue weighted by Crippen LogP contribution is -2.45. The molecule has 4 heterocycles. The first-order valence-electron chi connectivity index (χ1n) is 10.8. The molecule has 0 amide bonds. The molecule has 0 unspecified atom stereocenters. The molecule has 10 heteroatoms. The molecule has 3 N–H and O–H groups in total. The summed E-state index contributed by atoms with van der Waals surface area (Å²) in [6.45, 7) is 4.36. The number of hydrogen-bond acceptors (Lipinski definition) is 8. The third kappa shape index (κ3) is 6.08. The number of morpholine rings is 1. The summed E-state index contributed by atoms with van der Waals surface area (Å²) >= 11 is 12.9. The normalized spacial score (nSPS) is 19.5. The Morgan fingerprint density at radius 1 is 1.12 bits per heavy atom. The van der Waals surface area contributed by atoms with Gasteiger partial charge in [-0.05, 0) is 37.0 Å². The van der Waals surface area contributed by atoms with Gasteiger partial charge in [0.2, 0.25) is 0 Å². The van der Waals surface area contributed by atoms with E-state index in [9.17, 15) is 4.79 Å². The second-order valence-corrected chi connectivity index (χ2v) is 8.71. The standard InChI is InChI=1S/C22H27Cl2N5O3/c23-16-1-2-20(26-10-14-3-6-31-7-4-14)29-22(16)15-9-21(27-11-17(15)24)28-12-18(30)19-13-25-5-8-32-19/h1-2,9,11,14,19,25H,3-8,10,12-13H2,(H,26,29)(H,27,28)/t19-/m1/s1. The molecular formula is C22H27Cl2N5O3. The molecule has 0 saturated carbocycles. The molecule has 1 atom stereocenters. The molecule has 172 valence electrons. The van der Waals surface area contributed by atoms with E-state index in [0.717, 1.165) is 45.0 Å². The fourth-order valence-electron chi connectivity index (χ4n) is 3.71. The van der Waals surface area contributed by atoms with Crippen molar-refractivity contribution < 1.29 is 14.3 Å². The Hall–Kier alpha value is -1.97. The van der Waals surface area contributed by atoms with Crippen LogP contribution in [0.25, 0.3) is 11.3 Å². The van der Waals surface area contributed by atoms with Crippen molar-refractivity contribution in [1.82, 2.24) is 15.3 Å². The van der Waals surface area contributed by atoms with Crippen LogP contribution in [0.3, 0.4) is 0 Å². The first kappa shape index (κ1) is 23.2. The van der Waals surface area contributed by atoms with E-state index in [1.165, 1.54) is 6.20 Å². The number of carbonyl (C=O) groups is 1. The van der Waals surface area contributed by atoms with E-state index in [2.05, 4.69) is 25.9 Å². The highest BCUT2D eigenvalue weighted by atomic mass is 35.5. The highest BCUT2D eigenvalue weighted by Gasteiger charge is 2.21. The van der Waals surface area contributed by atoms with Gasteiger partial charge in [-0.1, -0.05) is 23.2 Å². The highest BCUT2D eigenvalue weighted by Crippen LogP contribution is 2.34. The summed E-state index contributed by atoms with van der Waals surface area (Å²) in [5, 5.41) is 10.5. The van der Waals surface area contributed by atoms with Crippen LogP contribution >= 0.6 is 23.2 Å². The largest absolute Gasteiger partial charge is 0.381 e. The lowest BCUT2D eigenvalue weighted by molar-refractivity contribution is -0.130. The van der Waals surface area contributed by atoms with Gasteiger partial charge in [-0.2, -0.15) is 0 Å². The van der Waals surface area contributed by atoms with Gasteiger partial charge in [-0.3, -0.25) is 4.79 Å². The van der Waals surface area contributed by atoms with Crippen LogP contribution in [0.15, 0.2) is 24.4 Å². The monoisotopic (exact) mass is 479 g/mol. The van der Waals surface area contributed by atoms with Crippen LogP contribution in [-0.4, -0.2) is 67.9 Å². The van der Waals surface area contributed by atoms with Crippen LogP contribution in [0.5, 0.6) is 0 Å². The minimum Gasteiger partial charge on any atom is -0.381 e. The molecular weight excluding hydrogens is 453 g/mol. The van der Waals surface area contributed by atoms with Crippen LogP contribution in [-0.2, 0) is 14.3 Å². The predicted octanol–water partition coefficient (Wildman–Crippen LogP) is 3.26. The zero-order valence-corrected chi connectivity index (χ0v) is 19.2. The van der Waals surface area contributed by atoms with Crippen LogP contribution in [0.2, 0.25) is 10.0 Å². The van der Waals surface area contributed by atoms with Gasteiger partial charge in [0.1, 0.15) is 17.7 Å².